The Morgan fingerprint density at radius 1 is 1.50 bits per heavy atom. The molecule has 2 heteroatoms. The van der Waals surface area contributed by atoms with Crippen LogP contribution < -0.4 is 0 Å². The van der Waals surface area contributed by atoms with E-state index < -0.39 is 0 Å². The van der Waals surface area contributed by atoms with Crippen LogP contribution >= 0.6 is 0 Å². The standard InChI is InChI=1S/C12H18O2/c1-12(2)8-9(12)4-3-5-14-11-6-10(13)7-11/h3-4,9,11H,5-8H2,1-2H3. The summed E-state index contributed by atoms with van der Waals surface area (Å²) in [7, 11) is 0. The van der Waals surface area contributed by atoms with Crippen LogP contribution in [0.5, 0.6) is 0 Å². The first-order valence-corrected chi connectivity index (χ1v) is 5.38. The summed E-state index contributed by atoms with van der Waals surface area (Å²) in [6.07, 6.45) is 7.11. The number of carbonyl (C=O) groups is 1. The van der Waals surface area contributed by atoms with Crippen molar-refractivity contribution in [3.05, 3.63) is 12.2 Å². The average Bonchev–Trinajstić information content (AvgIpc) is 2.64. The highest BCUT2D eigenvalue weighted by atomic mass is 16.5. The normalized spacial score (nSPS) is 30.7. The van der Waals surface area contributed by atoms with Crippen LogP contribution in [0.15, 0.2) is 12.2 Å². The molecule has 0 saturated heterocycles. The predicted octanol–water partition coefficient (Wildman–Crippen LogP) is 2.34. The van der Waals surface area contributed by atoms with Crippen molar-refractivity contribution in [1.29, 1.82) is 0 Å². The van der Waals surface area contributed by atoms with Gasteiger partial charge < -0.3 is 4.74 Å². The summed E-state index contributed by atoms with van der Waals surface area (Å²) in [5.74, 6) is 1.08. The van der Waals surface area contributed by atoms with Gasteiger partial charge in [-0.1, -0.05) is 26.0 Å². The SMILES string of the molecule is CC1(C)CC1C=CCOC1CC(=O)C1. The zero-order valence-corrected chi connectivity index (χ0v) is 8.95. The minimum absolute atomic E-state index is 0.208. The summed E-state index contributed by atoms with van der Waals surface area (Å²) in [6.45, 7) is 5.24. The first-order chi connectivity index (χ1) is 6.58. The van der Waals surface area contributed by atoms with Gasteiger partial charge in [-0.2, -0.15) is 0 Å². The summed E-state index contributed by atoms with van der Waals surface area (Å²) in [4.78, 5) is 10.6. The maximum atomic E-state index is 10.6. The minimum Gasteiger partial charge on any atom is -0.373 e. The molecule has 0 radical (unpaired) electrons. The van der Waals surface area contributed by atoms with Crippen molar-refractivity contribution in [2.24, 2.45) is 11.3 Å². The fourth-order valence-corrected chi connectivity index (χ4v) is 1.81. The number of allylic oxidation sites excluding steroid dienone is 1. The quantitative estimate of drug-likeness (QED) is 0.642. The lowest BCUT2D eigenvalue weighted by molar-refractivity contribution is -0.133. The summed E-state index contributed by atoms with van der Waals surface area (Å²) in [5, 5.41) is 0. The highest BCUT2D eigenvalue weighted by molar-refractivity contribution is 5.85. The van der Waals surface area contributed by atoms with E-state index in [0.717, 1.165) is 5.92 Å². The number of carbonyl (C=O) groups excluding carboxylic acids is 1. The molecule has 2 aliphatic carbocycles. The smallest absolute Gasteiger partial charge is 0.138 e. The Balaban J connectivity index is 1.57. The van der Waals surface area contributed by atoms with Gasteiger partial charge in [-0.3, -0.25) is 4.79 Å². The van der Waals surface area contributed by atoms with Crippen LogP contribution in [0.25, 0.3) is 0 Å². The molecule has 0 aromatic heterocycles. The van der Waals surface area contributed by atoms with Gasteiger partial charge in [0.2, 0.25) is 0 Å². The van der Waals surface area contributed by atoms with Crippen molar-refractivity contribution >= 4 is 5.78 Å². The molecule has 2 aliphatic rings. The topological polar surface area (TPSA) is 26.3 Å². The van der Waals surface area contributed by atoms with Crippen LogP contribution in [0.4, 0.5) is 0 Å². The lowest BCUT2D eigenvalue weighted by Gasteiger charge is -2.23. The summed E-state index contributed by atoms with van der Waals surface area (Å²) < 4.78 is 5.49. The molecule has 14 heavy (non-hydrogen) atoms. The summed E-state index contributed by atoms with van der Waals surface area (Å²) >= 11 is 0. The highest BCUT2D eigenvalue weighted by Crippen LogP contribution is 2.52. The van der Waals surface area contributed by atoms with E-state index in [4.69, 9.17) is 4.74 Å². The van der Waals surface area contributed by atoms with Gasteiger partial charge in [0.1, 0.15) is 5.78 Å². The first-order valence-electron chi connectivity index (χ1n) is 5.38. The molecule has 0 bridgehead atoms. The molecule has 0 amide bonds. The van der Waals surface area contributed by atoms with E-state index in [2.05, 4.69) is 26.0 Å². The van der Waals surface area contributed by atoms with Crippen LogP contribution in [0.1, 0.15) is 33.1 Å². The van der Waals surface area contributed by atoms with Gasteiger partial charge in [0.25, 0.3) is 0 Å². The lowest BCUT2D eigenvalue weighted by atomic mass is 9.94. The average molecular weight is 194 g/mol. The number of hydrogen-bond acceptors (Lipinski definition) is 2. The highest BCUT2D eigenvalue weighted by Gasteiger charge is 2.43. The molecule has 0 spiro atoms. The fourth-order valence-electron chi connectivity index (χ4n) is 1.81. The summed E-state index contributed by atoms with van der Waals surface area (Å²) in [6, 6.07) is 0. The minimum atomic E-state index is 0.208. The number of hydrogen-bond donors (Lipinski definition) is 0. The van der Waals surface area contributed by atoms with Gasteiger partial charge in [-0.25, -0.2) is 0 Å². The van der Waals surface area contributed by atoms with E-state index in [0.29, 0.717) is 30.6 Å². The van der Waals surface area contributed by atoms with Gasteiger partial charge in [-0.05, 0) is 17.8 Å². The van der Waals surface area contributed by atoms with Gasteiger partial charge in [0.15, 0.2) is 0 Å². The van der Waals surface area contributed by atoms with Crippen LogP contribution in [0.2, 0.25) is 0 Å². The molecule has 2 nitrogen and oxygen atoms in total. The number of ketones is 1. The Morgan fingerprint density at radius 3 is 2.64 bits per heavy atom. The summed E-state index contributed by atoms with van der Waals surface area (Å²) in [5.41, 5.74) is 0.517. The van der Waals surface area contributed by atoms with Crippen molar-refractivity contribution < 1.29 is 9.53 Å². The Morgan fingerprint density at radius 2 is 2.14 bits per heavy atom. The zero-order chi connectivity index (χ0) is 10.2. The van der Waals surface area contributed by atoms with Crippen LogP contribution in [0.3, 0.4) is 0 Å². The Hall–Kier alpha value is -0.630. The van der Waals surface area contributed by atoms with Crippen LogP contribution in [-0.2, 0) is 9.53 Å². The molecular weight excluding hydrogens is 176 g/mol. The maximum absolute atomic E-state index is 10.6. The monoisotopic (exact) mass is 194 g/mol. The van der Waals surface area contributed by atoms with Gasteiger partial charge in [-0.15, -0.1) is 0 Å². The molecular formula is C12H18O2. The Labute approximate surface area is 85.3 Å². The van der Waals surface area contributed by atoms with Crippen molar-refractivity contribution in [2.45, 2.75) is 39.2 Å². The second-order valence-corrected chi connectivity index (χ2v) is 5.13. The van der Waals surface area contributed by atoms with E-state index >= 15 is 0 Å². The fraction of sp³-hybridized carbons (Fsp3) is 0.750. The van der Waals surface area contributed by atoms with Gasteiger partial charge in [0.05, 0.1) is 12.7 Å². The van der Waals surface area contributed by atoms with E-state index in [1.807, 2.05) is 0 Å². The molecule has 78 valence electrons. The van der Waals surface area contributed by atoms with E-state index in [1.165, 1.54) is 6.42 Å². The van der Waals surface area contributed by atoms with Crippen molar-refractivity contribution in [3.63, 3.8) is 0 Å². The lowest BCUT2D eigenvalue weighted by Crippen LogP contribution is -2.31. The van der Waals surface area contributed by atoms with Crippen LogP contribution in [0, 0.1) is 11.3 Å². The van der Waals surface area contributed by atoms with E-state index in [-0.39, 0.29) is 6.10 Å². The number of rotatable bonds is 4. The van der Waals surface area contributed by atoms with Crippen LogP contribution in [-0.4, -0.2) is 18.5 Å². The van der Waals surface area contributed by atoms with Crippen molar-refractivity contribution in [3.8, 4) is 0 Å². The third kappa shape index (κ3) is 2.24. The molecule has 0 aliphatic heterocycles. The van der Waals surface area contributed by atoms with Gasteiger partial charge >= 0.3 is 0 Å². The molecule has 0 aromatic rings. The third-order valence-corrected chi connectivity index (χ3v) is 3.30. The first kappa shape index (κ1) is 9.91. The zero-order valence-electron chi connectivity index (χ0n) is 8.95. The second kappa shape index (κ2) is 3.50. The third-order valence-electron chi connectivity index (χ3n) is 3.30. The molecule has 2 rings (SSSR count). The Bertz CT molecular complexity index is 257. The molecule has 1 atom stereocenters. The molecule has 0 N–H and O–H groups in total. The largest absolute Gasteiger partial charge is 0.373 e. The molecule has 0 heterocycles. The predicted molar refractivity (Wildman–Crippen MR) is 55.0 cm³/mol. The van der Waals surface area contributed by atoms with Crippen molar-refractivity contribution in [2.75, 3.05) is 6.61 Å². The molecule has 2 saturated carbocycles. The number of Topliss-reactive ketones (excluding diaryl/α,β-unsaturated/α-hetero) is 1. The molecule has 1 unspecified atom stereocenters. The molecule has 0 aromatic carbocycles. The Kier molecular flexibility index (Phi) is 2.48. The second-order valence-electron chi connectivity index (χ2n) is 5.13. The van der Waals surface area contributed by atoms with Gasteiger partial charge in [0, 0.05) is 12.8 Å². The van der Waals surface area contributed by atoms with Crippen molar-refractivity contribution in [1.82, 2.24) is 0 Å². The maximum Gasteiger partial charge on any atom is 0.138 e. The number of ether oxygens (including phenoxy) is 1. The van der Waals surface area contributed by atoms with E-state index in [9.17, 15) is 4.79 Å². The molecule has 2 fully saturated rings. The van der Waals surface area contributed by atoms with E-state index in [1.54, 1.807) is 0 Å².